The van der Waals surface area contributed by atoms with Crippen LogP contribution in [0.3, 0.4) is 0 Å². The molecule has 3 aromatic rings. The molecule has 0 aliphatic heterocycles. The lowest BCUT2D eigenvalue weighted by Gasteiger charge is -2.12. The summed E-state index contributed by atoms with van der Waals surface area (Å²) in [5, 5.41) is 12.8. The molecule has 1 atom stereocenters. The van der Waals surface area contributed by atoms with Crippen molar-refractivity contribution in [3.05, 3.63) is 46.3 Å². The quantitative estimate of drug-likeness (QED) is 0.636. The fraction of sp³-hybridized carbons (Fsp3) is 0.188. The molecule has 2 N–H and O–H groups in total. The third-order valence-electron chi connectivity index (χ3n) is 3.40. The number of thioether (sulfide) groups is 1. The number of anilines is 1. The second-order valence-corrected chi connectivity index (χ2v) is 7.77. The molecule has 0 saturated heterocycles. The minimum atomic E-state index is -0.338. The molecule has 0 bridgehead atoms. The average Bonchev–Trinajstić information content (AvgIpc) is 3.22. The first-order valence-electron chi connectivity index (χ1n) is 7.23. The van der Waals surface area contributed by atoms with Crippen LogP contribution >= 0.6 is 34.7 Å². The van der Waals surface area contributed by atoms with Crippen LogP contribution in [0.15, 0.2) is 40.9 Å². The number of nitrogens with zero attached hydrogens (tertiary/aromatic N) is 2. The molecule has 124 valence electrons. The van der Waals surface area contributed by atoms with Crippen molar-refractivity contribution in [1.82, 2.24) is 15.2 Å². The largest absolute Gasteiger partial charge is 0.325 e. The number of halogens is 1. The van der Waals surface area contributed by atoms with E-state index in [0.29, 0.717) is 21.7 Å². The van der Waals surface area contributed by atoms with Crippen molar-refractivity contribution in [2.75, 3.05) is 5.32 Å². The Bertz CT molecular complexity index is 848. The van der Waals surface area contributed by atoms with Crippen LogP contribution in [0.5, 0.6) is 0 Å². The van der Waals surface area contributed by atoms with E-state index in [9.17, 15) is 4.79 Å². The summed E-state index contributed by atoms with van der Waals surface area (Å²) in [7, 11) is 0. The van der Waals surface area contributed by atoms with E-state index in [1.165, 1.54) is 11.8 Å². The van der Waals surface area contributed by atoms with Gasteiger partial charge in [0.05, 0.1) is 10.1 Å². The summed E-state index contributed by atoms with van der Waals surface area (Å²) in [5.74, 6) is 0.596. The molecule has 8 heteroatoms. The van der Waals surface area contributed by atoms with Gasteiger partial charge in [0.1, 0.15) is 0 Å². The average molecular weight is 379 g/mol. The maximum absolute atomic E-state index is 12.4. The second-order valence-electron chi connectivity index (χ2n) is 5.11. The number of benzene rings is 1. The van der Waals surface area contributed by atoms with Gasteiger partial charge in [-0.1, -0.05) is 35.5 Å². The fourth-order valence-electron chi connectivity index (χ4n) is 2.01. The molecule has 1 aromatic carbocycles. The predicted molar refractivity (Wildman–Crippen MR) is 99.8 cm³/mol. The summed E-state index contributed by atoms with van der Waals surface area (Å²) in [6.07, 6.45) is 0. The van der Waals surface area contributed by atoms with Crippen molar-refractivity contribution in [2.45, 2.75) is 24.3 Å². The lowest BCUT2D eigenvalue weighted by molar-refractivity contribution is -0.115. The third-order valence-corrected chi connectivity index (χ3v) is 5.64. The fourth-order valence-corrected chi connectivity index (χ4v) is 3.57. The summed E-state index contributed by atoms with van der Waals surface area (Å²) < 4.78 is 0. The molecule has 0 aliphatic rings. The normalized spacial score (nSPS) is 12.1. The number of hydrogen-bond acceptors (Lipinski definition) is 5. The zero-order chi connectivity index (χ0) is 17.1. The monoisotopic (exact) mass is 378 g/mol. The lowest BCUT2D eigenvalue weighted by atomic mass is 10.2. The minimum Gasteiger partial charge on any atom is -0.325 e. The van der Waals surface area contributed by atoms with Crippen LogP contribution in [-0.4, -0.2) is 26.3 Å². The van der Waals surface area contributed by atoms with Crippen molar-refractivity contribution in [2.24, 2.45) is 0 Å². The highest BCUT2D eigenvalue weighted by molar-refractivity contribution is 8.00. The number of aromatic amines is 1. The Hall–Kier alpha value is -1.83. The standard InChI is InChI=1S/C16H15ClN4OS2/c1-9-11(17)5-3-6-12(9)18-15(22)10(2)24-16-19-14(20-21-16)13-7-4-8-23-13/h3-8,10H,1-2H3,(H,18,22)(H,19,20,21)/t10-/m1/s1. The zero-order valence-electron chi connectivity index (χ0n) is 13.0. The molecule has 0 aliphatic carbocycles. The number of thiophene rings is 1. The van der Waals surface area contributed by atoms with E-state index >= 15 is 0 Å². The highest BCUT2D eigenvalue weighted by Crippen LogP contribution is 2.27. The molecular weight excluding hydrogens is 364 g/mol. The number of rotatable bonds is 5. The highest BCUT2D eigenvalue weighted by Gasteiger charge is 2.18. The van der Waals surface area contributed by atoms with E-state index < -0.39 is 0 Å². The molecule has 0 fully saturated rings. The lowest BCUT2D eigenvalue weighted by Crippen LogP contribution is -2.23. The Balaban J connectivity index is 1.65. The van der Waals surface area contributed by atoms with Crippen LogP contribution in [0, 0.1) is 6.92 Å². The van der Waals surface area contributed by atoms with E-state index in [2.05, 4.69) is 20.5 Å². The van der Waals surface area contributed by atoms with Crippen LogP contribution in [0.25, 0.3) is 10.7 Å². The molecule has 0 spiro atoms. The van der Waals surface area contributed by atoms with Gasteiger partial charge in [-0.3, -0.25) is 9.89 Å². The molecule has 0 unspecified atom stereocenters. The smallest absolute Gasteiger partial charge is 0.237 e. The van der Waals surface area contributed by atoms with E-state index in [1.54, 1.807) is 17.4 Å². The first kappa shape index (κ1) is 17.0. The van der Waals surface area contributed by atoms with Gasteiger partial charge >= 0.3 is 0 Å². The number of H-pyrrole nitrogens is 1. The van der Waals surface area contributed by atoms with E-state index in [-0.39, 0.29) is 11.2 Å². The van der Waals surface area contributed by atoms with Crippen LogP contribution in [0.4, 0.5) is 5.69 Å². The minimum absolute atomic E-state index is 0.118. The maximum Gasteiger partial charge on any atom is 0.237 e. The van der Waals surface area contributed by atoms with Gasteiger partial charge in [0.25, 0.3) is 0 Å². The maximum atomic E-state index is 12.4. The van der Waals surface area contributed by atoms with Gasteiger partial charge in [0, 0.05) is 10.7 Å². The summed E-state index contributed by atoms with van der Waals surface area (Å²) in [6, 6.07) is 9.37. The third kappa shape index (κ3) is 3.80. The summed E-state index contributed by atoms with van der Waals surface area (Å²) in [5.41, 5.74) is 1.57. The van der Waals surface area contributed by atoms with Gasteiger partial charge in [-0.15, -0.1) is 16.4 Å². The Labute approximate surface area is 152 Å². The van der Waals surface area contributed by atoms with Crippen molar-refractivity contribution in [1.29, 1.82) is 0 Å². The summed E-state index contributed by atoms with van der Waals surface area (Å²) in [6.45, 7) is 3.69. The SMILES string of the molecule is Cc1c(Cl)cccc1NC(=O)[C@@H](C)Sc1n[nH]c(-c2cccs2)n1. The molecule has 0 radical (unpaired) electrons. The molecule has 3 rings (SSSR count). The molecule has 5 nitrogen and oxygen atoms in total. The number of nitrogens with one attached hydrogen (secondary N) is 2. The Morgan fingerprint density at radius 2 is 2.21 bits per heavy atom. The van der Waals surface area contributed by atoms with E-state index in [1.807, 2.05) is 43.5 Å². The number of hydrogen-bond donors (Lipinski definition) is 2. The molecule has 1 amide bonds. The van der Waals surface area contributed by atoms with E-state index in [4.69, 9.17) is 11.6 Å². The van der Waals surface area contributed by atoms with Crippen LogP contribution in [-0.2, 0) is 4.79 Å². The molecule has 0 saturated carbocycles. The van der Waals surface area contributed by atoms with Gasteiger partial charge in [0.15, 0.2) is 5.82 Å². The molecule has 24 heavy (non-hydrogen) atoms. The van der Waals surface area contributed by atoms with Crippen molar-refractivity contribution < 1.29 is 4.79 Å². The predicted octanol–water partition coefficient (Wildman–Crippen LogP) is 4.61. The zero-order valence-corrected chi connectivity index (χ0v) is 15.4. The Morgan fingerprint density at radius 1 is 1.38 bits per heavy atom. The highest BCUT2D eigenvalue weighted by atomic mass is 35.5. The van der Waals surface area contributed by atoms with Crippen molar-refractivity contribution >= 4 is 46.3 Å². The number of amides is 1. The second kappa shape index (κ2) is 7.38. The molecule has 2 heterocycles. The summed E-state index contributed by atoms with van der Waals surface area (Å²) in [4.78, 5) is 17.8. The first-order valence-corrected chi connectivity index (χ1v) is 9.37. The van der Waals surface area contributed by atoms with Gasteiger partial charge in [-0.05, 0) is 43.0 Å². The van der Waals surface area contributed by atoms with Gasteiger partial charge in [-0.2, -0.15) is 0 Å². The van der Waals surface area contributed by atoms with Crippen LogP contribution in [0.1, 0.15) is 12.5 Å². The van der Waals surface area contributed by atoms with Crippen LogP contribution < -0.4 is 5.32 Å². The van der Waals surface area contributed by atoms with Gasteiger partial charge < -0.3 is 5.32 Å². The Kier molecular flexibility index (Phi) is 5.23. The van der Waals surface area contributed by atoms with Crippen molar-refractivity contribution in [3.8, 4) is 10.7 Å². The first-order chi connectivity index (χ1) is 11.5. The van der Waals surface area contributed by atoms with Crippen LogP contribution in [0.2, 0.25) is 5.02 Å². The molecule has 2 aromatic heterocycles. The number of carbonyl (C=O) groups is 1. The van der Waals surface area contributed by atoms with Gasteiger partial charge in [0.2, 0.25) is 11.1 Å². The van der Waals surface area contributed by atoms with Gasteiger partial charge in [-0.25, -0.2) is 4.98 Å². The van der Waals surface area contributed by atoms with E-state index in [0.717, 1.165) is 10.4 Å². The number of carbonyl (C=O) groups excluding carboxylic acids is 1. The Morgan fingerprint density at radius 3 is 2.96 bits per heavy atom. The number of aromatic nitrogens is 3. The molecular formula is C16H15ClN4OS2. The van der Waals surface area contributed by atoms with Crippen molar-refractivity contribution in [3.63, 3.8) is 0 Å². The summed E-state index contributed by atoms with van der Waals surface area (Å²) >= 11 is 8.97. The topological polar surface area (TPSA) is 70.7 Å².